The molecule has 0 aliphatic carbocycles. The van der Waals surface area contributed by atoms with E-state index in [0.717, 1.165) is 4.90 Å². The minimum Gasteiger partial charge on any atom is -0.368 e. The molecule has 0 saturated heterocycles. The molecule has 6 aromatic rings. The second-order valence-corrected chi connectivity index (χ2v) is 11.2. The number of anilines is 3. The fourth-order valence-electron chi connectivity index (χ4n) is 4.80. The van der Waals surface area contributed by atoms with E-state index in [9.17, 15) is 13.6 Å². The number of pyridine rings is 1. The van der Waals surface area contributed by atoms with Crippen molar-refractivity contribution in [2.24, 2.45) is 0 Å². The fourth-order valence-corrected chi connectivity index (χ4v) is 5.64. The molecule has 3 aromatic carbocycles. The number of aromatic nitrogens is 5. The van der Waals surface area contributed by atoms with E-state index in [1.807, 2.05) is 19.1 Å². The van der Waals surface area contributed by atoms with Crippen LogP contribution in [0.3, 0.4) is 0 Å². The molecule has 0 bridgehead atoms. The lowest BCUT2D eigenvalue weighted by atomic mass is 10.1. The summed E-state index contributed by atoms with van der Waals surface area (Å²) in [5.74, 6) is -0.338. The number of para-hydroxylation sites is 1. The Bertz CT molecular complexity index is 2080. The largest absolute Gasteiger partial charge is 0.368 e. The highest BCUT2D eigenvalue weighted by Crippen LogP contribution is 2.33. The van der Waals surface area contributed by atoms with Gasteiger partial charge in [-0.3, -0.25) is 14.3 Å². The molecule has 0 amide bonds. The smallest absolute Gasteiger partial charge is 0.269 e. The van der Waals surface area contributed by atoms with Gasteiger partial charge in [-0.15, -0.1) is 0 Å². The summed E-state index contributed by atoms with van der Waals surface area (Å²) in [4.78, 5) is 32.4. The van der Waals surface area contributed by atoms with E-state index >= 15 is 0 Å². The maximum atomic E-state index is 14.9. The van der Waals surface area contributed by atoms with Gasteiger partial charge in [0.1, 0.15) is 28.7 Å². The Kier molecular flexibility index (Phi) is 8.58. The lowest BCUT2D eigenvalue weighted by molar-refractivity contribution is 0.628. The number of hydrogen-bond donors (Lipinski definition) is 3. The molecule has 0 saturated carbocycles. The third-order valence-corrected chi connectivity index (χ3v) is 8.04. The second kappa shape index (κ2) is 12.9. The van der Waals surface area contributed by atoms with Crippen molar-refractivity contribution < 1.29 is 8.78 Å². The molecule has 0 fully saturated rings. The van der Waals surface area contributed by atoms with E-state index in [1.165, 1.54) is 40.8 Å². The second-order valence-electron chi connectivity index (χ2n) is 9.92. The van der Waals surface area contributed by atoms with Gasteiger partial charge in [-0.2, -0.15) is 4.98 Å². The number of hydrogen-bond acceptors (Lipinski definition) is 9. The summed E-state index contributed by atoms with van der Waals surface area (Å²) in [7, 11) is 0. The topological polar surface area (TPSA) is 124 Å². The van der Waals surface area contributed by atoms with Crippen LogP contribution < -0.4 is 21.3 Å². The number of nitrogens with one attached hydrogen (secondary N) is 2. The standard InChI is InChI=1S/C32H25ClF2N8OS/c1-2-26(30-40-27-10-6-9-25(35)28(27)31(44)43(30)20-7-4-3-5-8-20)39-29-22(17-38-32(36)41-29)18-13-21(16-37-15-18)45-42-19-11-12-24(34)23(33)14-19/h3-17,26,42H,2H2,1H3,(H3,36,38,39,41). The maximum absolute atomic E-state index is 14.9. The predicted octanol–water partition coefficient (Wildman–Crippen LogP) is 7.43. The average Bonchev–Trinajstić information content (AvgIpc) is 3.04. The Labute approximate surface area is 265 Å². The number of fused-ring (bicyclic) bond motifs is 1. The van der Waals surface area contributed by atoms with E-state index in [-0.39, 0.29) is 21.9 Å². The average molecular weight is 643 g/mol. The zero-order valence-electron chi connectivity index (χ0n) is 23.7. The summed E-state index contributed by atoms with van der Waals surface area (Å²) >= 11 is 7.18. The van der Waals surface area contributed by atoms with Gasteiger partial charge in [0.15, 0.2) is 0 Å². The van der Waals surface area contributed by atoms with Gasteiger partial charge < -0.3 is 15.8 Å². The summed E-state index contributed by atoms with van der Waals surface area (Å²) in [6.07, 6.45) is 5.41. The molecular weight excluding hydrogens is 618 g/mol. The van der Waals surface area contributed by atoms with Crippen LogP contribution in [0.5, 0.6) is 0 Å². The number of rotatable bonds is 9. The van der Waals surface area contributed by atoms with Crippen LogP contribution in [0.15, 0.2) is 101 Å². The van der Waals surface area contributed by atoms with Crippen molar-refractivity contribution >= 4 is 51.9 Å². The zero-order valence-corrected chi connectivity index (χ0v) is 25.3. The normalized spacial score (nSPS) is 11.8. The molecule has 0 spiro atoms. The number of nitrogens with zero attached hydrogens (tertiary/aromatic N) is 5. The molecule has 4 N–H and O–H groups in total. The lowest BCUT2D eigenvalue weighted by Gasteiger charge is -2.23. The molecule has 9 nitrogen and oxygen atoms in total. The first-order valence-corrected chi connectivity index (χ1v) is 15.0. The first kappa shape index (κ1) is 30.0. The van der Waals surface area contributed by atoms with Gasteiger partial charge in [0, 0.05) is 40.3 Å². The molecular formula is C32H25ClF2N8OS. The van der Waals surface area contributed by atoms with Crippen molar-refractivity contribution in [2.75, 3.05) is 15.8 Å². The minimum absolute atomic E-state index is 0.0106. The predicted molar refractivity (Wildman–Crippen MR) is 175 cm³/mol. The highest BCUT2D eigenvalue weighted by atomic mass is 35.5. The Hall–Kier alpha value is -5.07. The monoisotopic (exact) mass is 642 g/mol. The van der Waals surface area contributed by atoms with Crippen LogP contribution >= 0.6 is 23.5 Å². The first-order chi connectivity index (χ1) is 21.8. The Balaban J connectivity index is 1.38. The lowest BCUT2D eigenvalue weighted by Crippen LogP contribution is -2.29. The molecule has 1 unspecified atom stereocenters. The van der Waals surface area contributed by atoms with Crippen LogP contribution in [-0.4, -0.2) is 24.5 Å². The van der Waals surface area contributed by atoms with Gasteiger partial charge in [0.2, 0.25) is 5.95 Å². The molecule has 0 radical (unpaired) electrons. The van der Waals surface area contributed by atoms with Crippen LogP contribution in [0.25, 0.3) is 27.7 Å². The quantitative estimate of drug-likeness (QED) is 0.138. The summed E-state index contributed by atoms with van der Waals surface area (Å²) in [5.41, 5.74) is 8.19. The van der Waals surface area contributed by atoms with E-state index in [2.05, 4.69) is 25.0 Å². The van der Waals surface area contributed by atoms with Crippen molar-refractivity contribution in [3.8, 4) is 16.8 Å². The summed E-state index contributed by atoms with van der Waals surface area (Å²) in [6, 6.07) is 19.0. The number of nitrogen functional groups attached to an aromatic ring is 1. The van der Waals surface area contributed by atoms with Crippen molar-refractivity contribution in [3.05, 3.63) is 124 Å². The molecule has 3 heterocycles. The zero-order chi connectivity index (χ0) is 31.5. The van der Waals surface area contributed by atoms with Crippen molar-refractivity contribution in [1.29, 1.82) is 0 Å². The molecule has 1 atom stereocenters. The van der Waals surface area contributed by atoms with Crippen LogP contribution in [0.2, 0.25) is 5.02 Å². The van der Waals surface area contributed by atoms with Crippen LogP contribution in [0.4, 0.5) is 26.2 Å². The third kappa shape index (κ3) is 6.28. The van der Waals surface area contributed by atoms with E-state index in [4.69, 9.17) is 22.3 Å². The minimum atomic E-state index is -0.643. The fraction of sp³-hybridized carbons (Fsp3) is 0.0938. The SMILES string of the molecule is CCC(Nc1nc(N)ncc1-c1cncc(SNc2ccc(F)c(Cl)c2)c1)c1nc2cccc(F)c2c(=O)n1-c1ccccc1. The Morgan fingerprint density at radius 1 is 0.978 bits per heavy atom. The molecule has 226 valence electrons. The van der Waals surface area contributed by atoms with Gasteiger partial charge >= 0.3 is 0 Å². The molecule has 6 rings (SSSR count). The van der Waals surface area contributed by atoms with Crippen LogP contribution in [-0.2, 0) is 0 Å². The Morgan fingerprint density at radius 3 is 2.58 bits per heavy atom. The van der Waals surface area contributed by atoms with Gasteiger partial charge in [0.25, 0.3) is 5.56 Å². The van der Waals surface area contributed by atoms with Crippen molar-refractivity contribution in [3.63, 3.8) is 0 Å². The Morgan fingerprint density at radius 2 is 1.80 bits per heavy atom. The highest BCUT2D eigenvalue weighted by molar-refractivity contribution is 8.00. The maximum Gasteiger partial charge on any atom is 0.269 e. The van der Waals surface area contributed by atoms with Crippen LogP contribution in [0, 0.1) is 11.6 Å². The van der Waals surface area contributed by atoms with Gasteiger partial charge in [-0.1, -0.05) is 42.8 Å². The molecule has 45 heavy (non-hydrogen) atoms. The van der Waals surface area contributed by atoms with Crippen molar-refractivity contribution in [1.82, 2.24) is 24.5 Å². The first-order valence-electron chi connectivity index (χ1n) is 13.8. The summed E-state index contributed by atoms with van der Waals surface area (Å²) < 4.78 is 33.0. The van der Waals surface area contributed by atoms with Gasteiger partial charge in [-0.25, -0.2) is 18.7 Å². The van der Waals surface area contributed by atoms with E-state index in [0.29, 0.717) is 40.6 Å². The van der Waals surface area contributed by atoms with Crippen LogP contribution in [0.1, 0.15) is 25.2 Å². The van der Waals surface area contributed by atoms with Crippen molar-refractivity contribution in [2.45, 2.75) is 24.3 Å². The van der Waals surface area contributed by atoms with E-state index in [1.54, 1.807) is 55.0 Å². The summed E-state index contributed by atoms with van der Waals surface area (Å²) in [5, 5.41) is 3.33. The molecule has 13 heteroatoms. The summed E-state index contributed by atoms with van der Waals surface area (Å²) in [6.45, 7) is 1.94. The highest BCUT2D eigenvalue weighted by Gasteiger charge is 2.23. The number of benzene rings is 3. The number of nitrogens with two attached hydrogens (primary N) is 1. The molecule has 0 aliphatic rings. The molecule has 3 aromatic heterocycles. The van der Waals surface area contributed by atoms with E-state index < -0.39 is 23.2 Å². The van der Waals surface area contributed by atoms with Gasteiger partial charge in [0.05, 0.1) is 22.3 Å². The molecule has 0 aliphatic heterocycles. The third-order valence-electron chi connectivity index (χ3n) is 6.96. The van der Waals surface area contributed by atoms with Gasteiger partial charge in [-0.05, 0) is 66.9 Å². The number of halogens is 3.